The average molecular weight is 1030 g/mol. The van der Waals surface area contributed by atoms with Gasteiger partial charge in [-0.2, -0.15) is 0 Å². The number of hydrogen-bond acceptors (Lipinski definition) is 6. The van der Waals surface area contributed by atoms with Gasteiger partial charge in [0.2, 0.25) is 0 Å². The Hall–Kier alpha value is -3.93. The van der Waals surface area contributed by atoms with E-state index in [-0.39, 0.29) is 31.1 Å². The largest absolute Gasteiger partial charge is 0.462 e. The van der Waals surface area contributed by atoms with Crippen molar-refractivity contribution >= 4 is 17.9 Å². The fourth-order valence-electron chi connectivity index (χ4n) is 8.46. The molecule has 0 heterocycles. The number of carbonyl (C=O) groups excluding carboxylic acids is 3. The lowest BCUT2D eigenvalue weighted by Crippen LogP contribution is -2.30. The van der Waals surface area contributed by atoms with Gasteiger partial charge in [-0.25, -0.2) is 0 Å². The van der Waals surface area contributed by atoms with Gasteiger partial charge in [-0.1, -0.05) is 271 Å². The molecule has 0 rings (SSSR count). The van der Waals surface area contributed by atoms with E-state index in [1.807, 2.05) is 0 Å². The van der Waals surface area contributed by atoms with Crippen molar-refractivity contribution in [3.05, 3.63) is 109 Å². The van der Waals surface area contributed by atoms with Gasteiger partial charge in [0.1, 0.15) is 13.2 Å². The standard InChI is InChI=1S/C68H114O6/c1-4-7-10-13-16-19-22-24-26-28-30-32-33-34-35-37-38-40-42-44-46-49-52-55-58-61-67(70)73-64-65(63-72-66(69)60-57-54-51-48-21-18-15-12-9-6-3)74-68(71)62-59-56-53-50-47-45-43-41-39-36-31-29-27-25-23-20-17-14-11-8-5-2/h7-8,10-11,16-17,19-20,24-27,30-32,34-36,65H,4-6,9,12-15,18,21-23,28-29,33,37-64H2,1-3H3/b10-7-,11-8-,19-16-,20-17-,26-24-,27-25-,32-30-,35-34-,36-31-. The highest BCUT2D eigenvalue weighted by atomic mass is 16.6. The molecular weight excluding hydrogens is 913 g/mol. The van der Waals surface area contributed by atoms with Crippen molar-refractivity contribution in [1.29, 1.82) is 0 Å². The zero-order valence-corrected chi connectivity index (χ0v) is 48.3. The van der Waals surface area contributed by atoms with E-state index in [0.29, 0.717) is 19.3 Å². The van der Waals surface area contributed by atoms with Crippen LogP contribution in [0.3, 0.4) is 0 Å². The molecule has 0 aromatic heterocycles. The topological polar surface area (TPSA) is 78.9 Å². The summed E-state index contributed by atoms with van der Waals surface area (Å²) in [6.45, 7) is 6.40. The summed E-state index contributed by atoms with van der Waals surface area (Å²) in [6.07, 6.45) is 83.7. The van der Waals surface area contributed by atoms with Crippen molar-refractivity contribution in [1.82, 2.24) is 0 Å². The molecule has 0 spiro atoms. The number of rotatable bonds is 55. The Morgan fingerprint density at radius 3 is 0.824 bits per heavy atom. The van der Waals surface area contributed by atoms with Gasteiger partial charge in [0.25, 0.3) is 0 Å². The summed E-state index contributed by atoms with van der Waals surface area (Å²) in [7, 11) is 0. The maximum atomic E-state index is 12.9. The van der Waals surface area contributed by atoms with E-state index in [0.717, 1.165) is 128 Å². The van der Waals surface area contributed by atoms with Crippen molar-refractivity contribution in [2.45, 2.75) is 290 Å². The van der Waals surface area contributed by atoms with Gasteiger partial charge in [-0.15, -0.1) is 0 Å². The van der Waals surface area contributed by atoms with Crippen LogP contribution in [-0.2, 0) is 28.6 Å². The fourth-order valence-corrected chi connectivity index (χ4v) is 8.46. The minimum atomic E-state index is -0.785. The molecule has 6 nitrogen and oxygen atoms in total. The number of esters is 3. The molecule has 0 bridgehead atoms. The Kier molecular flexibility index (Phi) is 58.3. The second-order valence-electron chi connectivity index (χ2n) is 20.2. The number of ether oxygens (including phenoxy) is 3. The Morgan fingerprint density at radius 2 is 0.527 bits per heavy atom. The normalized spacial score (nSPS) is 12.9. The lowest BCUT2D eigenvalue weighted by atomic mass is 10.1. The van der Waals surface area contributed by atoms with Crippen LogP contribution < -0.4 is 0 Å². The highest BCUT2D eigenvalue weighted by Gasteiger charge is 2.19. The molecule has 0 aromatic carbocycles. The Labute approximate surface area is 457 Å². The van der Waals surface area contributed by atoms with E-state index in [4.69, 9.17) is 14.2 Å². The predicted molar refractivity (Wildman–Crippen MR) is 320 cm³/mol. The lowest BCUT2D eigenvalue weighted by Gasteiger charge is -2.18. The van der Waals surface area contributed by atoms with Crippen molar-refractivity contribution in [3.8, 4) is 0 Å². The van der Waals surface area contributed by atoms with Gasteiger partial charge in [-0.05, 0) is 103 Å². The third-order valence-corrected chi connectivity index (χ3v) is 13.0. The summed E-state index contributed by atoms with van der Waals surface area (Å²) in [5.74, 6) is -0.893. The fraction of sp³-hybridized carbons (Fsp3) is 0.691. The van der Waals surface area contributed by atoms with E-state index >= 15 is 0 Å². The van der Waals surface area contributed by atoms with Crippen LogP contribution >= 0.6 is 0 Å². The molecule has 1 atom stereocenters. The van der Waals surface area contributed by atoms with Crippen molar-refractivity contribution in [2.75, 3.05) is 13.2 Å². The molecule has 422 valence electrons. The summed E-state index contributed by atoms with van der Waals surface area (Å²) in [5.41, 5.74) is 0. The van der Waals surface area contributed by atoms with Crippen LogP contribution in [0.15, 0.2) is 109 Å². The first kappa shape index (κ1) is 70.1. The molecule has 0 aromatic rings. The first-order valence-electron chi connectivity index (χ1n) is 30.9. The smallest absolute Gasteiger partial charge is 0.306 e. The first-order chi connectivity index (χ1) is 36.5. The zero-order valence-electron chi connectivity index (χ0n) is 48.3. The number of unbranched alkanes of at least 4 members (excludes halogenated alkanes) is 26. The van der Waals surface area contributed by atoms with Crippen LogP contribution in [0.4, 0.5) is 0 Å². The second kappa shape index (κ2) is 61.6. The molecule has 0 amide bonds. The third kappa shape index (κ3) is 59.0. The number of hydrogen-bond donors (Lipinski definition) is 0. The highest BCUT2D eigenvalue weighted by molar-refractivity contribution is 5.71. The molecule has 1 unspecified atom stereocenters. The van der Waals surface area contributed by atoms with Gasteiger partial charge in [-0.3, -0.25) is 14.4 Å². The highest BCUT2D eigenvalue weighted by Crippen LogP contribution is 2.16. The Bertz CT molecular complexity index is 1510. The minimum absolute atomic E-state index is 0.0821. The molecular formula is C68H114O6. The van der Waals surface area contributed by atoms with Gasteiger partial charge in [0, 0.05) is 19.3 Å². The molecule has 0 N–H and O–H groups in total. The quantitative estimate of drug-likeness (QED) is 0.0261. The molecule has 74 heavy (non-hydrogen) atoms. The summed E-state index contributed by atoms with van der Waals surface area (Å²) < 4.78 is 16.9. The molecule has 6 heteroatoms. The molecule has 0 saturated carbocycles. The van der Waals surface area contributed by atoms with E-state index in [9.17, 15) is 14.4 Å². The summed E-state index contributed by atoms with van der Waals surface area (Å²) in [5, 5.41) is 0. The molecule has 0 aliphatic rings. The zero-order chi connectivity index (χ0) is 53.6. The summed E-state index contributed by atoms with van der Waals surface area (Å²) in [6, 6.07) is 0. The van der Waals surface area contributed by atoms with Crippen LogP contribution in [0.25, 0.3) is 0 Å². The molecule has 0 fully saturated rings. The molecule has 0 aliphatic carbocycles. The van der Waals surface area contributed by atoms with Crippen LogP contribution in [0.5, 0.6) is 0 Å². The SMILES string of the molecule is CC/C=C\C/C=C\C/C=C\C/C=C\C/C=C\CCCCCCCCCCCC(=O)OCC(COC(=O)CCCCCCCCCCCC)OC(=O)CCCCCCCCCC/C=C\C/C=C\C/C=C\C/C=C\CC. The van der Waals surface area contributed by atoms with Gasteiger partial charge >= 0.3 is 17.9 Å². The summed E-state index contributed by atoms with van der Waals surface area (Å²) >= 11 is 0. The predicted octanol–water partition coefficient (Wildman–Crippen LogP) is 21.0. The van der Waals surface area contributed by atoms with Gasteiger partial charge < -0.3 is 14.2 Å². The van der Waals surface area contributed by atoms with Gasteiger partial charge in [0.15, 0.2) is 6.10 Å². The van der Waals surface area contributed by atoms with E-state index in [1.54, 1.807) is 0 Å². The van der Waals surface area contributed by atoms with E-state index in [1.165, 1.54) is 116 Å². The Morgan fingerprint density at radius 1 is 0.284 bits per heavy atom. The lowest BCUT2D eigenvalue weighted by molar-refractivity contribution is -0.167. The minimum Gasteiger partial charge on any atom is -0.462 e. The second-order valence-corrected chi connectivity index (χ2v) is 20.2. The Balaban J connectivity index is 4.30. The maximum absolute atomic E-state index is 12.9. The monoisotopic (exact) mass is 1030 g/mol. The van der Waals surface area contributed by atoms with Crippen LogP contribution in [-0.4, -0.2) is 37.2 Å². The average Bonchev–Trinajstić information content (AvgIpc) is 3.40. The molecule has 0 radical (unpaired) electrons. The van der Waals surface area contributed by atoms with E-state index < -0.39 is 6.10 Å². The third-order valence-electron chi connectivity index (χ3n) is 13.0. The van der Waals surface area contributed by atoms with Gasteiger partial charge in [0.05, 0.1) is 0 Å². The van der Waals surface area contributed by atoms with Crippen molar-refractivity contribution in [2.24, 2.45) is 0 Å². The molecule has 0 aliphatic heterocycles. The first-order valence-corrected chi connectivity index (χ1v) is 30.9. The van der Waals surface area contributed by atoms with Crippen molar-refractivity contribution in [3.63, 3.8) is 0 Å². The molecule has 0 saturated heterocycles. The summed E-state index contributed by atoms with van der Waals surface area (Å²) in [4.78, 5) is 38.2. The number of allylic oxidation sites excluding steroid dienone is 18. The van der Waals surface area contributed by atoms with Crippen LogP contribution in [0.2, 0.25) is 0 Å². The van der Waals surface area contributed by atoms with Crippen molar-refractivity contribution < 1.29 is 28.6 Å². The van der Waals surface area contributed by atoms with Crippen LogP contribution in [0, 0.1) is 0 Å². The maximum Gasteiger partial charge on any atom is 0.306 e. The van der Waals surface area contributed by atoms with Crippen LogP contribution in [0.1, 0.15) is 284 Å². The van der Waals surface area contributed by atoms with E-state index in [2.05, 4.69) is 130 Å². The number of carbonyl (C=O) groups is 3.